The molecule has 0 saturated heterocycles. The lowest BCUT2D eigenvalue weighted by Crippen LogP contribution is -2.47. The van der Waals surface area contributed by atoms with Gasteiger partial charge in [-0.15, -0.1) is 0 Å². The third-order valence-corrected chi connectivity index (χ3v) is 3.83. The van der Waals surface area contributed by atoms with Gasteiger partial charge >= 0.3 is 0 Å². The Morgan fingerprint density at radius 1 is 1.38 bits per heavy atom. The Morgan fingerprint density at radius 3 is 2.62 bits per heavy atom. The molecule has 88 valence electrons. The van der Waals surface area contributed by atoms with Crippen molar-refractivity contribution in [2.75, 3.05) is 20.3 Å². The summed E-state index contributed by atoms with van der Waals surface area (Å²) in [4.78, 5) is 0. The van der Waals surface area contributed by atoms with E-state index in [-0.39, 0.29) is 5.41 Å². The SMILES string of the molecule is COCC1(c2ccccc2C)CC(CN)C1. The Balaban J connectivity index is 2.24. The average molecular weight is 219 g/mol. The monoisotopic (exact) mass is 219 g/mol. The zero-order valence-corrected chi connectivity index (χ0v) is 10.2. The second kappa shape index (κ2) is 4.56. The van der Waals surface area contributed by atoms with Gasteiger partial charge in [0.25, 0.3) is 0 Å². The van der Waals surface area contributed by atoms with Crippen LogP contribution in [0.1, 0.15) is 24.0 Å². The van der Waals surface area contributed by atoms with Crippen molar-refractivity contribution in [1.82, 2.24) is 0 Å². The van der Waals surface area contributed by atoms with Crippen molar-refractivity contribution in [3.05, 3.63) is 35.4 Å². The van der Waals surface area contributed by atoms with Crippen LogP contribution < -0.4 is 5.73 Å². The molecule has 0 amide bonds. The summed E-state index contributed by atoms with van der Waals surface area (Å²) in [5.41, 5.74) is 8.77. The second-order valence-electron chi connectivity index (χ2n) is 5.04. The highest BCUT2D eigenvalue weighted by molar-refractivity contribution is 5.36. The van der Waals surface area contributed by atoms with Crippen molar-refractivity contribution in [2.24, 2.45) is 11.7 Å². The highest BCUT2D eigenvalue weighted by Crippen LogP contribution is 2.48. The van der Waals surface area contributed by atoms with Crippen molar-refractivity contribution in [3.63, 3.8) is 0 Å². The summed E-state index contributed by atoms with van der Waals surface area (Å²) in [7, 11) is 1.79. The number of aryl methyl sites for hydroxylation is 1. The molecule has 0 bridgehead atoms. The van der Waals surface area contributed by atoms with Gasteiger partial charge in [0.2, 0.25) is 0 Å². The number of nitrogens with two attached hydrogens (primary N) is 1. The number of hydrogen-bond donors (Lipinski definition) is 1. The molecule has 0 aliphatic heterocycles. The van der Waals surface area contributed by atoms with Crippen molar-refractivity contribution in [1.29, 1.82) is 0 Å². The van der Waals surface area contributed by atoms with Gasteiger partial charge in [0.05, 0.1) is 6.61 Å². The fourth-order valence-electron chi connectivity index (χ4n) is 3.07. The molecule has 0 aromatic heterocycles. The first-order chi connectivity index (χ1) is 7.72. The van der Waals surface area contributed by atoms with Gasteiger partial charge in [-0.3, -0.25) is 0 Å². The summed E-state index contributed by atoms with van der Waals surface area (Å²) >= 11 is 0. The zero-order chi connectivity index (χ0) is 11.6. The van der Waals surface area contributed by atoms with Crippen molar-refractivity contribution < 1.29 is 4.74 Å². The number of rotatable bonds is 4. The normalized spacial score (nSPS) is 28.8. The Morgan fingerprint density at radius 2 is 2.06 bits per heavy atom. The van der Waals surface area contributed by atoms with Crippen LogP contribution in [0.25, 0.3) is 0 Å². The first-order valence-corrected chi connectivity index (χ1v) is 5.97. The van der Waals surface area contributed by atoms with E-state index in [0.29, 0.717) is 5.92 Å². The van der Waals surface area contributed by atoms with Crippen LogP contribution in [0.2, 0.25) is 0 Å². The van der Waals surface area contributed by atoms with Gasteiger partial charge in [-0.1, -0.05) is 24.3 Å². The second-order valence-corrected chi connectivity index (χ2v) is 5.04. The Bertz CT molecular complexity index is 356. The molecule has 1 saturated carbocycles. The topological polar surface area (TPSA) is 35.2 Å². The minimum absolute atomic E-state index is 0.226. The molecule has 1 aliphatic carbocycles. The minimum Gasteiger partial charge on any atom is -0.384 e. The number of hydrogen-bond acceptors (Lipinski definition) is 2. The first-order valence-electron chi connectivity index (χ1n) is 5.97. The van der Waals surface area contributed by atoms with Crippen molar-refractivity contribution in [3.8, 4) is 0 Å². The maximum atomic E-state index is 5.73. The molecule has 0 unspecified atom stereocenters. The van der Waals surface area contributed by atoms with Gasteiger partial charge in [0.15, 0.2) is 0 Å². The van der Waals surface area contributed by atoms with E-state index in [1.54, 1.807) is 7.11 Å². The summed E-state index contributed by atoms with van der Waals surface area (Å²) in [6.07, 6.45) is 2.34. The lowest BCUT2D eigenvalue weighted by Gasteiger charge is -2.48. The van der Waals surface area contributed by atoms with E-state index in [1.165, 1.54) is 24.0 Å². The number of ether oxygens (including phenoxy) is 1. The van der Waals surface area contributed by atoms with Crippen LogP contribution in [-0.2, 0) is 10.2 Å². The number of benzene rings is 1. The van der Waals surface area contributed by atoms with Crippen LogP contribution in [0.5, 0.6) is 0 Å². The molecular weight excluding hydrogens is 198 g/mol. The minimum atomic E-state index is 0.226. The summed E-state index contributed by atoms with van der Waals surface area (Å²) in [5.74, 6) is 0.676. The molecule has 0 radical (unpaired) electrons. The van der Waals surface area contributed by atoms with Gasteiger partial charge in [-0.2, -0.15) is 0 Å². The molecule has 0 spiro atoms. The molecule has 1 aromatic rings. The number of methoxy groups -OCH3 is 1. The maximum absolute atomic E-state index is 5.73. The summed E-state index contributed by atoms with van der Waals surface area (Å²) in [6.45, 7) is 3.80. The maximum Gasteiger partial charge on any atom is 0.0559 e. The molecule has 2 nitrogen and oxygen atoms in total. The molecule has 0 atom stereocenters. The van der Waals surface area contributed by atoms with Crippen LogP contribution in [0.4, 0.5) is 0 Å². The predicted octanol–water partition coefficient (Wildman–Crippen LogP) is 2.25. The van der Waals surface area contributed by atoms with Crippen LogP contribution in [0, 0.1) is 12.8 Å². The van der Waals surface area contributed by atoms with Gasteiger partial charge in [0, 0.05) is 12.5 Å². The van der Waals surface area contributed by atoms with Crippen LogP contribution in [-0.4, -0.2) is 20.3 Å². The summed E-state index contributed by atoms with van der Waals surface area (Å²) < 4.78 is 5.41. The van der Waals surface area contributed by atoms with Crippen molar-refractivity contribution >= 4 is 0 Å². The summed E-state index contributed by atoms with van der Waals surface area (Å²) in [6, 6.07) is 8.64. The van der Waals surface area contributed by atoms with E-state index in [1.807, 2.05) is 0 Å². The highest BCUT2D eigenvalue weighted by Gasteiger charge is 2.45. The molecule has 2 heteroatoms. The molecule has 2 N–H and O–H groups in total. The lowest BCUT2D eigenvalue weighted by molar-refractivity contribution is 0.0419. The Kier molecular flexibility index (Phi) is 3.31. The fourth-order valence-corrected chi connectivity index (χ4v) is 3.07. The van der Waals surface area contributed by atoms with E-state index in [4.69, 9.17) is 10.5 Å². The Labute approximate surface area is 97.8 Å². The zero-order valence-electron chi connectivity index (χ0n) is 10.2. The predicted molar refractivity (Wildman–Crippen MR) is 66.5 cm³/mol. The average Bonchev–Trinajstić information content (AvgIpc) is 2.24. The quantitative estimate of drug-likeness (QED) is 0.843. The molecule has 16 heavy (non-hydrogen) atoms. The van der Waals surface area contributed by atoms with E-state index >= 15 is 0 Å². The van der Waals surface area contributed by atoms with Gasteiger partial charge < -0.3 is 10.5 Å². The molecule has 0 heterocycles. The molecular formula is C14H21NO. The first kappa shape index (κ1) is 11.6. The van der Waals surface area contributed by atoms with E-state index in [2.05, 4.69) is 31.2 Å². The largest absolute Gasteiger partial charge is 0.384 e. The molecule has 2 rings (SSSR count). The molecule has 1 fully saturated rings. The smallest absolute Gasteiger partial charge is 0.0559 e. The molecule has 1 aromatic carbocycles. The van der Waals surface area contributed by atoms with Gasteiger partial charge in [0.1, 0.15) is 0 Å². The fraction of sp³-hybridized carbons (Fsp3) is 0.571. The van der Waals surface area contributed by atoms with E-state index < -0.39 is 0 Å². The van der Waals surface area contributed by atoms with Crippen LogP contribution >= 0.6 is 0 Å². The van der Waals surface area contributed by atoms with Gasteiger partial charge in [-0.25, -0.2) is 0 Å². The van der Waals surface area contributed by atoms with Crippen LogP contribution in [0.15, 0.2) is 24.3 Å². The molecule has 1 aliphatic rings. The van der Waals surface area contributed by atoms with Gasteiger partial charge in [-0.05, 0) is 43.4 Å². The summed E-state index contributed by atoms with van der Waals surface area (Å²) in [5, 5.41) is 0. The third kappa shape index (κ3) is 1.87. The standard InChI is InChI=1S/C14H21NO/c1-11-5-3-4-6-13(11)14(10-16-2)7-12(8-14)9-15/h3-6,12H,7-10,15H2,1-2H3. The van der Waals surface area contributed by atoms with E-state index in [9.17, 15) is 0 Å². The van der Waals surface area contributed by atoms with Crippen molar-refractivity contribution in [2.45, 2.75) is 25.2 Å². The highest BCUT2D eigenvalue weighted by atomic mass is 16.5. The van der Waals surface area contributed by atoms with E-state index in [0.717, 1.165) is 13.2 Å². The van der Waals surface area contributed by atoms with Crippen LogP contribution in [0.3, 0.4) is 0 Å². The Hall–Kier alpha value is -0.860. The third-order valence-electron chi connectivity index (χ3n) is 3.83. The lowest BCUT2D eigenvalue weighted by atomic mass is 9.58.